The minimum atomic E-state index is -3.44. The maximum Gasteiger partial charge on any atom is 0.336 e. The summed E-state index contributed by atoms with van der Waals surface area (Å²) in [7, 11) is -3.44. The first-order valence-corrected chi connectivity index (χ1v) is 7.07. The van der Waals surface area contributed by atoms with Crippen LogP contribution in [0.1, 0.15) is 21.5 Å². The summed E-state index contributed by atoms with van der Waals surface area (Å²) in [4.78, 5) is 11.0. The van der Waals surface area contributed by atoms with E-state index in [0.29, 0.717) is 15.6 Å². The van der Waals surface area contributed by atoms with Crippen LogP contribution in [-0.2, 0) is 9.84 Å². The van der Waals surface area contributed by atoms with Gasteiger partial charge in [-0.05, 0) is 47.0 Å². The van der Waals surface area contributed by atoms with Gasteiger partial charge in [-0.2, -0.15) is 0 Å². The molecule has 4 nitrogen and oxygen atoms in total. The first-order valence-electron chi connectivity index (χ1n) is 4.39. The molecule has 1 N–H and O–H groups in total. The second kappa shape index (κ2) is 4.18. The van der Waals surface area contributed by atoms with Crippen molar-refractivity contribution < 1.29 is 18.3 Å². The molecule has 0 atom stereocenters. The lowest BCUT2D eigenvalue weighted by molar-refractivity contribution is 0.0695. The Balaban J connectivity index is 3.74. The zero-order chi connectivity index (χ0) is 12.7. The van der Waals surface area contributed by atoms with Crippen molar-refractivity contribution in [3.63, 3.8) is 0 Å². The minimum absolute atomic E-state index is 0.00741. The molecule has 0 aromatic heterocycles. The number of carboxylic acids is 1. The van der Waals surface area contributed by atoms with Crippen molar-refractivity contribution in [3.05, 3.63) is 27.2 Å². The van der Waals surface area contributed by atoms with Gasteiger partial charge in [-0.15, -0.1) is 0 Å². The van der Waals surface area contributed by atoms with Gasteiger partial charge in [0, 0.05) is 10.7 Å². The van der Waals surface area contributed by atoms with E-state index in [2.05, 4.69) is 15.9 Å². The number of hydrogen-bond acceptors (Lipinski definition) is 3. The lowest BCUT2D eigenvalue weighted by Crippen LogP contribution is -2.07. The van der Waals surface area contributed by atoms with Crippen molar-refractivity contribution in [3.8, 4) is 0 Å². The molecule has 0 saturated heterocycles. The lowest BCUT2D eigenvalue weighted by Gasteiger charge is -2.11. The number of halogens is 1. The zero-order valence-corrected chi connectivity index (χ0v) is 11.4. The maximum atomic E-state index is 11.5. The van der Waals surface area contributed by atoms with Gasteiger partial charge >= 0.3 is 5.97 Å². The molecule has 0 saturated carbocycles. The number of aromatic carboxylic acids is 1. The van der Waals surface area contributed by atoms with Crippen LogP contribution in [0.4, 0.5) is 0 Å². The van der Waals surface area contributed by atoms with Crippen molar-refractivity contribution in [1.29, 1.82) is 0 Å². The molecule has 6 heteroatoms. The van der Waals surface area contributed by atoms with Gasteiger partial charge in [0.1, 0.15) is 0 Å². The summed E-state index contributed by atoms with van der Waals surface area (Å²) in [6, 6.07) is 1.18. The van der Waals surface area contributed by atoms with Gasteiger partial charge in [0.15, 0.2) is 9.84 Å². The molecule has 0 heterocycles. The highest BCUT2D eigenvalue weighted by Gasteiger charge is 2.20. The Morgan fingerprint density at radius 3 is 2.19 bits per heavy atom. The Bertz CT molecular complexity index is 561. The van der Waals surface area contributed by atoms with Crippen LogP contribution in [0.15, 0.2) is 15.4 Å². The molecule has 0 amide bonds. The highest BCUT2D eigenvalue weighted by Crippen LogP contribution is 2.30. The molecule has 0 bridgehead atoms. The van der Waals surface area contributed by atoms with E-state index in [9.17, 15) is 13.2 Å². The fourth-order valence-electron chi connectivity index (χ4n) is 1.35. The number of carbonyl (C=O) groups is 1. The Morgan fingerprint density at radius 2 is 1.81 bits per heavy atom. The SMILES string of the molecule is Cc1c(C(=O)O)cc(S(C)(=O)=O)c(Br)c1C. The van der Waals surface area contributed by atoms with Gasteiger partial charge in [-0.1, -0.05) is 0 Å². The van der Waals surface area contributed by atoms with Crippen molar-refractivity contribution in [2.24, 2.45) is 0 Å². The van der Waals surface area contributed by atoms with E-state index in [1.54, 1.807) is 13.8 Å². The summed E-state index contributed by atoms with van der Waals surface area (Å²) >= 11 is 3.18. The van der Waals surface area contributed by atoms with Crippen LogP contribution >= 0.6 is 15.9 Å². The highest BCUT2D eigenvalue weighted by molar-refractivity contribution is 9.10. The van der Waals surface area contributed by atoms with Crippen LogP contribution in [0.5, 0.6) is 0 Å². The summed E-state index contributed by atoms with van der Waals surface area (Å²) in [5.41, 5.74) is 1.20. The minimum Gasteiger partial charge on any atom is -0.478 e. The van der Waals surface area contributed by atoms with E-state index in [-0.39, 0.29) is 10.5 Å². The van der Waals surface area contributed by atoms with Crippen LogP contribution in [-0.4, -0.2) is 25.7 Å². The third-order valence-electron chi connectivity index (χ3n) is 2.42. The van der Waals surface area contributed by atoms with Crippen molar-refractivity contribution >= 4 is 31.7 Å². The van der Waals surface area contributed by atoms with Crippen LogP contribution in [0.2, 0.25) is 0 Å². The van der Waals surface area contributed by atoms with Crippen LogP contribution in [0.3, 0.4) is 0 Å². The Kier molecular flexibility index (Phi) is 3.44. The lowest BCUT2D eigenvalue weighted by atomic mass is 10.0. The largest absolute Gasteiger partial charge is 0.478 e. The number of rotatable bonds is 2. The van der Waals surface area contributed by atoms with Gasteiger partial charge in [0.2, 0.25) is 0 Å². The van der Waals surface area contributed by atoms with Crippen LogP contribution in [0.25, 0.3) is 0 Å². The van der Waals surface area contributed by atoms with Crippen LogP contribution in [0, 0.1) is 13.8 Å². The predicted octanol–water partition coefficient (Wildman–Crippen LogP) is 2.17. The maximum absolute atomic E-state index is 11.5. The van der Waals surface area contributed by atoms with E-state index in [1.165, 1.54) is 6.07 Å². The van der Waals surface area contributed by atoms with Crippen molar-refractivity contribution in [2.45, 2.75) is 18.7 Å². The summed E-state index contributed by atoms with van der Waals surface area (Å²) in [5.74, 6) is -1.13. The monoisotopic (exact) mass is 306 g/mol. The zero-order valence-electron chi connectivity index (χ0n) is 9.04. The molecule has 1 aromatic rings. The number of hydrogen-bond donors (Lipinski definition) is 1. The molecule has 16 heavy (non-hydrogen) atoms. The van der Waals surface area contributed by atoms with E-state index >= 15 is 0 Å². The molecule has 0 fully saturated rings. The summed E-state index contributed by atoms with van der Waals surface area (Å²) < 4.78 is 23.4. The van der Waals surface area contributed by atoms with Gasteiger partial charge < -0.3 is 5.11 Å². The Labute approximate surface area is 102 Å². The molecule has 0 spiro atoms. The van der Waals surface area contributed by atoms with Gasteiger partial charge in [0.05, 0.1) is 10.5 Å². The smallest absolute Gasteiger partial charge is 0.336 e. The first-order chi connectivity index (χ1) is 7.16. The average molecular weight is 307 g/mol. The highest BCUT2D eigenvalue weighted by atomic mass is 79.9. The quantitative estimate of drug-likeness (QED) is 0.909. The molecule has 0 aliphatic carbocycles. The molecule has 1 aromatic carbocycles. The van der Waals surface area contributed by atoms with E-state index in [0.717, 1.165) is 6.26 Å². The fraction of sp³-hybridized carbons (Fsp3) is 0.300. The average Bonchev–Trinajstić information content (AvgIpc) is 2.11. The molecule has 0 aliphatic heterocycles. The topological polar surface area (TPSA) is 71.4 Å². The number of benzene rings is 1. The van der Waals surface area contributed by atoms with E-state index < -0.39 is 15.8 Å². The van der Waals surface area contributed by atoms with Gasteiger partial charge in [-0.25, -0.2) is 13.2 Å². The number of sulfone groups is 1. The summed E-state index contributed by atoms with van der Waals surface area (Å²) in [6.45, 7) is 3.33. The van der Waals surface area contributed by atoms with Crippen molar-refractivity contribution in [1.82, 2.24) is 0 Å². The molecule has 0 aliphatic rings. The van der Waals surface area contributed by atoms with Gasteiger partial charge in [-0.3, -0.25) is 0 Å². The Morgan fingerprint density at radius 1 is 1.31 bits per heavy atom. The second-order valence-electron chi connectivity index (χ2n) is 3.56. The summed E-state index contributed by atoms with van der Waals surface area (Å²) in [6.07, 6.45) is 1.05. The van der Waals surface area contributed by atoms with Gasteiger partial charge in [0.25, 0.3) is 0 Å². The molecule has 88 valence electrons. The van der Waals surface area contributed by atoms with E-state index in [1.807, 2.05) is 0 Å². The molecular weight excluding hydrogens is 296 g/mol. The second-order valence-corrected chi connectivity index (χ2v) is 6.34. The van der Waals surface area contributed by atoms with Crippen molar-refractivity contribution in [2.75, 3.05) is 6.26 Å². The normalized spacial score (nSPS) is 11.5. The third-order valence-corrected chi connectivity index (χ3v) is 4.82. The molecule has 0 radical (unpaired) electrons. The molecular formula is C10H11BrO4S. The predicted molar refractivity (Wildman–Crippen MR) is 63.7 cm³/mol. The molecule has 1 rings (SSSR count). The first kappa shape index (κ1) is 13.2. The van der Waals surface area contributed by atoms with E-state index in [4.69, 9.17) is 5.11 Å². The third kappa shape index (κ3) is 2.27. The Hall–Kier alpha value is -0.880. The standard InChI is InChI=1S/C10H11BrO4S/c1-5-6(2)9(11)8(16(3,14)15)4-7(5)10(12)13/h4H,1-3H3,(H,12,13). The number of carboxylic acid groups (broad SMARTS) is 1. The molecule has 0 unspecified atom stereocenters. The van der Waals surface area contributed by atoms with Crippen LogP contribution < -0.4 is 0 Å². The summed E-state index contributed by atoms with van der Waals surface area (Å²) in [5, 5.41) is 8.96. The fourth-order valence-corrected chi connectivity index (χ4v) is 3.45.